The number of carbonyl (C=O) groups is 1. The van der Waals surface area contributed by atoms with E-state index in [4.69, 9.17) is 4.42 Å². The molecule has 1 aliphatic rings. The van der Waals surface area contributed by atoms with Crippen LogP contribution < -0.4 is 5.76 Å². The number of nitrogens with zero attached hydrogens (tertiary/aromatic N) is 4. The van der Waals surface area contributed by atoms with Gasteiger partial charge < -0.3 is 9.32 Å². The molecule has 32 heavy (non-hydrogen) atoms. The van der Waals surface area contributed by atoms with Crippen LogP contribution in [-0.2, 0) is 14.8 Å². The Morgan fingerprint density at radius 1 is 1.06 bits per heavy atom. The molecular weight excluding hydrogens is 440 g/mol. The van der Waals surface area contributed by atoms with Crippen molar-refractivity contribution in [2.45, 2.75) is 17.9 Å². The van der Waals surface area contributed by atoms with E-state index in [1.54, 1.807) is 31.2 Å². The summed E-state index contributed by atoms with van der Waals surface area (Å²) in [5, 5.41) is 10.8. The fourth-order valence-corrected chi connectivity index (χ4v) is 5.19. The Labute approximate surface area is 182 Å². The molecule has 0 saturated carbocycles. The minimum Gasteiger partial charge on any atom is -0.408 e. The topological polar surface area (TPSA) is 136 Å². The average molecular weight is 460 g/mol. The van der Waals surface area contributed by atoms with Gasteiger partial charge in [-0.1, -0.05) is 12.1 Å². The highest BCUT2D eigenvalue weighted by molar-refractivity contribution is 7.89. The summed E-state index contributed by atoms with van der Waals surface area (Å²) in [6, 6.07) is 10.7. The number of carbonyl (C=O) groups excluding carboxylic acids is 1. The van der Waals surface area contributed by atoms with E-state index >= 15 is 0 Å². The van der Waals surface area contributed by atoms with Crippen LogP contribution in [0.5, 0.6) is 0 Å². The van der Waals surface area contributed by atoms with Gasteiger partial charge in [0.05, 0.1) is 15.3 Å². The number of non-ortho nitro benzene ring substituents is 1. The number of nitro groups is 1. The number of hydrogen-bond acceptors (Lipinski definition) is 7. The second-order valence-corrected chi connectivity index (χ2v) is 9.30. The van der Waals surface area contributed by atoms with Crippen molar-refractivity contribution < 1.29 is 22.6 Å². The Hall–Kier alpha value is -3.51. The Balaban J connectivity index is 1.47. The molecule has 0 spiro atoms. The molecule has 1 saturated heterocycles. The van der Waals surface area contributed by atoms with Gasteiger partial charge >= 0.3 is 5.76 Å². The zero-order chi connectivity index (χ0) is 23.0. The first-order chi connectivity index (χ1) is 15.2. The van der Waals surface area contributed by atoms with Crippen molar-refractivity contribution in [3.63, 3.8) is 0 Å². The van der Waals surface area contributed by atoms with Crippen LogP contribution in [0.4, 0.5) is 5.69 Å². The van der Waals surface area contributed by atoms with E-state index in [-0.39, 0.29) is 42.7 Å². The lowest BCUT2D eigenvalue weighted by molar-refractivity contribution is -0.384. The molecule has 1 atom stereocenters. The summed E-state index contributed by atoms with van der Waals surface area (Å²) in [6.45, 7) is 2.04. The van der Waals surface area contributed by atoms with Gasteiger partial charge in [0.2, 0.25) is 15.9 Å². The molecule has 11 nitrogen and oxygen atoms in total. The summed E-state index contributed by atoms with van der Waals surface area (Å²) in [7, 11) is -3.85. The molecule has 1 amide bonds. The summed E-state index contributed by atoms with van der Waals surface area (Å²) in [5.74, 6) is -0.947. The first-order valence-corrected chi connectivity index (χ1v) is 11.3. The molecule has 2 heterocycles. The van der Waals surface area contributed by atoms with Crippen molar-refractivity contribution in [1.82, 2.24) is 13.8 Å². The van der Waals surface area contributed by atoms with Crippen LogP contribution in [0.3, 0.4) is 0 Å². The minimum absolute atomic E-state index is 0.0485. The summed E-state index contributed by atoms with van der Waals surface area (Å²) in [4.78, 5) is 36.9. The van der Waals surface area contributed by atoms with Crippen molar-refractivity contribution >= 4 is 32.7 Å². The average Bonchev–Trinajstić information content (AvgIpc) is 3.13. The van der Waals surface area contributed by atoms with E-state index in [0.29, 0.717) is 11.1 Å². The zero-order valence-electron chi connectivity index (χ0n) is 17.1. The number of oxazole rings is 1. The Kier molecular flexibility index (Phi) is 5.57. The molecule has 1 unspecified atom stereocenters. The molecule has 4 rings (SSSR count). The molecule has 1 fully saturated rings. The second-order valence-electron chi connectivity index (χ2n) is 7.36. The van der Waals surface area contributed by atoms with Gasteiger partial charge in [-0.3, -0.25) is 19.5 Å². The van der Waals surface area contributed by atoms with Gasteiger partial charge in [0.15, 0.2) is 5.58 Å². The van der Waals surface area contributed by atoms with E-state index in [1.807, 2.05) is 0 Å². The van der Waals surface area contributed by atoms with Crippen LogP contribution in [0.15, 0.2) is 62.6 Å². The molecule has 0 aliphatic carbocycles. The summed E-state index contributed by atoms with van der Waals surface area (Å²) in [6.07, 6.45) is 0. The van der Waals surface area contributed by atoms with Gasteiger partial charge in [-0.25, -0.2) is 13.2 Å². The van der Waals surface area contributed by atoms with Crippen LogP contribution >= 0.6 is 0 Å². The highest BCUT2D eigenvalue weighted by atomic mass is 32.2. The number of sulfonamides is 1. The normalized spacial score (nSPS) is 16.2. The summed E-state index contributed by atoms with van der Waals surface area (Å²) in [5.41, 5.74) is 0.698. The van der Waals surface area contributed by atoms with Gasteiger partial charge in [0.25, 0.3) is 5.69 Å². The fraction of sp³-hybridized carbons (Fsp3) is 0.300. The Bertz CT molecular complexity index is 1340. The predicted molar refractivity (Wildman–Crippen MR) is 114 cm³/mol. The van der Waals surface area contributed by atoms with Crippen molar-refractivity contribution in [3.8, 4) is 0 Å². The zero-order valence-corrected chi connectivity index (χ0v) is 17.9. The smallest absolute Gasteiger partial charge is 0.408 e. The largest absolute Gasteiger partial charge is 0.420 e. The third kappa shape index (κ3) is 3.78. The van der Waals surface area contributed by atoms with Gasteiger partial charge in [0, 0.05) is 38.3 Å². The summed E-state index contributed by atoms with van der Waals surface area (Å²) < 4.78 is 33.4. The van der Waals surface area contributed by atoms with E-state index < -0.39 is 26.7 Å². The van der Waals surface area contributed by atoms with Gasteiger partial charge in [-0.05, 0) is 31.2 Å². The second kappa shape index (κ2) is 8.20. The maximum absolute atomic E-state index is 13.0. The molecule has 1 aromatic heterocycles. The van der Waals surface area contributed by atoms with Crippen molar-refractivity contribution in [2.24, 2.45) is 0 Å². The monoisotopic (exact) mass is 460 g/mol. The number of hydrogen-bond donors (Lipinski definition) is 0. The molecule has 1 aliphatic heterocycles. The maximum atomic E-state index is 13.0. The number of fused-ring (bicyclic) bond motifs is 1. The molecule has 3 aromatic rings. The lowest BCUT2D eigenvalue weighted by atomic mass is 10.2. The number of amides is 1. The summed E-state index contributed by atoms with van der Waals surface area (Å²) >= 11 is 0. The van der Waals surface area contributed by atoms with Crippen LogP contribution in [0.2, 0.25) is 0 Å². The molecule has 0 bridgehead atoms. The molecule has 2 aromatic carbocycles. The van der Waals surface area contributed by atoms with E-state index in [0.717, 1.165) is 12.1 Å². The van der Waals surface area contributed by atoms with E-state index in [9.17, 15) is 28.1 Å². The van der Waals surface area contributed by atoms with Gasteiger partial charge in [-0.15, -0.1) is 0 Å². The predicted octanol–water partition coefficient (Wildman–Crippen LogP) is 1.60. The quantitative estimate of drug-likeness (QED) is 0.417. The highest BCUT2D eigenvalue weighted by Crippen LogP contribution is 2.23. The molecule has 12 heteroatoms. The lowest BCUT2D eigenvalue weighted by Crippen LogP contribution is -2.52. The lowest BCUT2D eigenvalue weighted by Gasteiger charge is -2.35. The van der Waals surface area contributed by atoms with Gasteiger partial charge in [-0.2, -0.15) is 4.31 Å². The number of rotatable bonds is 5. The van der Waals surface area contributed by atoms with E-state index in [2.05, 4.69) is 0 Å². The van der Waals surface area contributed by atoms with Crippen LogP contribution in [0.1, 0.15) is 13.0 Å². The van der Waals surface area contributed by atoms with Crippen LogP contribution in [0, 0.1) is 10.1 Å². The van der Waals surface area contributed by atoms with Crippen molar-refractivity contribution in [1.29, 1.82) is 0 Å². The third-order valence-corrected chi connectivity index (χ3v) is 7.41. The number of para-hydroxylation sites is 2. The molecule has 0 N–H and O–H groups in total. The first kappa shape index (κ1) is 21.7. The highest BCUT2D eigenvalue weighted by Gasteiger charge is 2.33. The molecular formula is C20H20N4O7S. The number of nitro benzene ring substituents is 1. The molecule has 0 radical (unpaired) electrons. The molecule has 168 valence electrons. The van der Waals surface area contributed by atoms with Crippen LogP contribution in [-0.4, -0.2) is 59.2 Å². The third-order valence-electron chi connectivity index (χ3n) is 5.50. The number of piperazine rings is 1. The number of benzene rings is 2. The Morgan fingerprint density at radius 3 is 2.31 bits per heavy atom. The van der Waals surface area contributed by atoms with Crippen molar-refractivity contribution in [3.05, 3.63) is 69.2 Å². The van der Waals surface area contributed by atoms with Crippen LogP contribution in [0.25, 0.3) is 11.1 Å². The number of aromatic nitrogens is 1. The maximum Gasteiger partial charge on any atom is 0.420 e. The fourth-order valence-electron chi connectivity index (χ4n) is 3.76. The Morgan fingerprint density at radius 2 is 1.69 bits per heavy atom. The first-order valence-electron chi connectivity index (χ1n) is 9.83. The minimum atomic E-state index is -3.85. The van der Waals surface area contributed by atoms with Crippen molar-refractivity contribution in [2.75, 3.05) is 26.2 Å². The SMILES string of the molecule is CC(C(=O)N1CCN(S(=O)(=O)c2ccc([N+](=O)[O-])cc2)CC1)n1c(=O)oc2ccccc21. The van der Waals surface area contributed by atoms with E-state index in [1.165, 1.54) is 25.9 Å². The standard InChI is InChI=1S/C20H20N4O7S/c1-14(23-17-4-2-3-5-18(17)31-20(23)26)19(25)21-10-12-22(13-11-21)32(29,30)16-8-6-15(7-9-16)24(27)28/h2-9,14H,10-13H2,1H3. The van der Waals surface area contributed by atoms with Gasteiger partial charge in [0.1, 0.15) is 6.04 Å².